The minimum Gasteiger partial charge on any atom is -0.872 e. The normalized spacial score (nSPS) is 11.5. The summed E-state index contributed by atoms with van der Waals surface area (Å²) in [5.41, 5.74) is 16.9. The number of aliphatic hydroxyl groups excluding tert-OH is 3. The predicted octanol–water partition coefficient (Wildman–Crippen LogP) is 4.22. The smallest absolute Gasteiger partial charge is 0.872 e. The van der Waals surface area contributed by atoms with Crippen LogP contribution in [-0.2, 0) is 27.3 Å². The molecule has 0 aliphatic heterocycles. The molecule has 8 nitrogen and oxygen atoms in total. The van der Waals surface area contributed by atoms with Crippen molar-refractivity contribution < 1.29 is 42.0 Å². The van der Waals surface area contributed by atoms with Crippen LogP contribution in [0.25, 0.3) is 0 Å². The van der Waals surface area contributed by atoms with E-state index in [2.05, 4.69) is 69.2 Å². The van der Waals surface area contributed by atoms with Crippen LogP contribution in [0.3, 0.4) is 0 Å². The number of benzene rings is 2. The molecule has 44 heavy (non-hydrogen) atoms. The standard InChI is InChI=1S/C28H42O2S.3C2H7NO.Ni/c1-25(2,3)17-27(7,8)19-11-13-21(29)23(15-19)31-24-16-20(12-14-22(24)30)28(9,10)18-26(4,5)6;3*3-1-2-4;/h11-16,29-30H,17-18H2,1-10H3;3*4H,1-3H2;/q;;;;+2/p-2. The van der Waals surface area contributed by atoms with Crippen molar-refractivity contribution in [2.24, 2.45) is 28.0 Å². The topological polar surface area (TPSA) is 185 Å². The van der Waals surface area contributed by atoms with Crippen molar-refractivity contribution in [2.75, 3.05) is 39.5 Å². The zero-order valence-electron chi connectivity index (χ0n) is 28.7. The summed E-state index contributed by atoms with van der Waals surface area (Å²) in [6.45, 7) is 23.7. The molecule has 258 valence electrons. The average Bonchev–Trinajstić information content (AvgIpc) is 2.88. The van der Waals surface area contributed by atoms with Gasteiger partial charge in [0, 0.05) is 29.4 Å². The fourth-order valence-electron chi connectivity index (χ4n) is 4.99. The molecule has 2 aromatic carbocycles. The van der Waals surface area contributed by atoms with Crippen molar-refractivity contribution in [3.8, 4) is 11.5 Å². The number of aliphatic hydroxyl groups is 3. The SMILES string of the molecule is CC(C)(C)CC(C)(C)c1ccc([O-])c(Sc2cc(C(C)(C)CC(C)(C)C)ccc2[O-])c1.NCCO.NCCO.NCCO.[Ni+2]. The van der Waals surface area contributed by atoms with Crippen LogP contribution in [0.15, 0.2) is 46.2 Å². The minimum atomic E-state index is -0.0574. The van der Waals surface area contributed by atoms with Crippen LogP contribution in [0.2, 0.25) is 0 Å². The Kier molecular flexibility index (Phi) is 23.8. The molecular weight excluding hydrogens is 621 g/mol. The maximum atomic E-state index is 12.6. The summed E-state index contributed by atoms with van der Waals surface area (Å²) >= 11 is 1.31. The number of rotatable bonds is 9. The molecule has 0 fully saturated rings. The Balaban J connectivity index is -0.00000110. The summed E-state index contributed by atoms with van der Waals surface area (Å²) in [4.78, 5) is 1.25. The maximum absolute atomic E-state index is 12.6. The molecule has 0 atom stereocenters. The third-order valence-corrected chi connectivity index (χ3v) is 7.08. The first kappa shape index (κ1) is 47.1. The minimum absolute atomic E-state index is 0. The first-order valence-electron chi connectivity index (χ1n) is 14.9. The fraction of sp³-hybridized carbons (Fsp3) is 0.647. The summed E-state index contributed by atoms with van der Waals surface area (Å²) in [6.07, 6.45) is 2.01. The van der Waals surface area contributed by atoms with Gasteiger partial charge in [0.25, 0.3) is 0 Å². The van der Waals surface area contributed by atoms with Crippen molar-refractivity contribution >= 4 is 11.8 Å². The monoisotopic (exact) mass is 681 g/mol. The first-order chi connectivity index (χ1) is 19.6. The molecule has 0 aliphatic rings. The van der Waals surface area contributed by atoms with E-state index < -0.39 is 0 Å². The second-order valence-corrected chi connectivity index (χ2v) is 15.3. The van der Waals surface area contributed by atoms with Gasteiger partial charge in [-0.1, -0.05) is 117 Å². The van der Waals surface area contributed by atoms with E-state index in [0.717, 1.165) is 24.0 Å². The third-order valence-electron chi connectivity index (χ3n) is 6.00. The summed E-state index contributed by atoms with van der Waals surface area (Å²) in [5, 5.41) is 48.5. The molecule has 0 saturated carbocycles. The zero-order chi connectivity index (χ0) is 34.1. The largest absolute Gasteiger partial charge is 2.00 e. The van der Waals surface area contributed by atoms with E-state index in [9.17, 15) is 10.2 Å². The van der Waals surface area contributed by atoms with Crippen LogP contribution in [0.4, 0.5) is 0 Å². The molecule has 0 bridgehead atoms. The molecule has 0 radical (unpaired) electrons. The van der Waals surface area contributed by atoms with Gasteiger partial charge in [-0.15, -0.1) is 0 Å². The number of hydrogen-bond acceptors (Lipinski definition) is 9. The molecule has 0 aromatic heterocycles. The van der Waals surface area contributed by atoms with E-state index in [1.54, 1.807) is 12.1 Å². The molecule has 9 N–H and O–H groups in total. The van der Waals surface area contributed by atoms with Crippen molar-refractivity contribution in [1.82, 2.24) is 0 Å². The fourth-order valence-corrected chi connectivity index (χ4v) is 5.94. The molecule has 10 heteroatoms. The van der Waals surface area contributed by atoms with Gasteiger partial charge in [-0.2, -0.15) is 0 Å². The number of nitrogens with two attached hydrogens (primary N) is 3. The first-order valence-corrected chi connectivity index (χ1v) is 15.7. The Morgan fingerprint density at radius 2 is 0.818 bits per heavy atom. The number of hydrogen-bond donors (Lipinski definition) is 6. The van der Waals surface area contributed by atoms with E-state index in [1.807, 2.05) is 24.3 Å². The van der Waals surface area contributed by atoms with Crippen molar-refractivity contribution in [3.05, 3.63) is 47.5 Å². The molecule has 0 aliphatic carbocycles. The van der Waals surface area contributed by atoms with E-state index in [0.29, 0.717) is 29.4 Å². The van der Waals surface area contributed by atoms with Crippen LogP contribution in [0.1, 0.15) is 93.2 Å². The summed E-state index contributed by atoms with van der Waals surface area (Å²) in [7, 11) is 0. The van der Waals surface area contributed by atoms with E-state index in [4.69, 9.17) is 32.5 Å². The van der Waals surface area contributed by atoms with E-state index >= 15 is 0 Å². The van der Waals surface area contributed by atoms with Crippen molar-refractivity contribution in [1.29, 1.82) is 0 Å². The molecular formula is C34H61N3NiO5S. The molecule has 0 saturated heterocycles. The van der Waals surface area contributed by atoms with Gasteiger partial charge in [0.2, 0.25) is 0 Å². The Morgan fingerprint density at radius 1 is 0.568 bits per heavy atom. The van der Waals surface area contributed by atoms with Crippen LogP contribution in [0.5, 0.6) is 11.5 Å². The van der Waals surface area contributed by atoms with Gasteiger partial charge in [-0.25, -0.2) is 0 Å². The summed E-state index contributed by atoms with van der Waals surface area (Å²) in [5.74, 6) is -0.0573. The molecule has 0 heterocycles. The average molecular weight is 683 g/mol. The third kappa shape index (κ3) is 20.6. The van der Waals surface area contributed by atoms with Gasteiger partial charge in [-0.3, -0.25) is 0 Å². The van der Waals surface area contributed by atoms with Crippen LogP contribution in [-0.4, -0.2) is 54.8 Å². The van der Waals surface area contributed by atoms with Gasteiger partial charge in [0.15, 0.2) is 0 Å². The van der Waals surface area contributed by atoms with Crippen LogP contribution in [0, 0.1) is 10.8 Å². The molecule has 0 spiro atoms. The van der Waals surface area contributed by atoms with Gasteiger partial charge in [-0.05, 0) is 57.8 Å². The van der Waals surface area contributed by atoms with Gasteiger partial charge >= 0.3 is 16.5 Å². The van der Waals surface area contributed by atoms with E-state index in [1.165, 1.54) is 11.8 Å². The molecule has 2 rings (SSSR count). The molecule has 2 aromatic rings. The van der Waals surface area contributed by atoms with Gasteiger partial charge in [0.1, 0.15) is 0 Å². The zero-order valence-corrected chi connectivity index (χ0v) is 30.5. The van der Waals surface area contributed by atoms with Crippen LogP contribution >= 0.6 is 11.8 Å². The van der Waals surface area contributed by atoms with Crippen molar-refractivity contribution in [3.63, 3.8) is 0 Å². The summed E-state index contributed by atoms with van der Waals surface area (Å²) < 4.78 is 0. The maximum Gasteiger partial charge on any atom is 2.00 e. The van der Waals surface area contributed by atoms with Gasteiger partial charge < -0.3 is 42.7 Å². The Labute approximate surface area is 282 Å². The van der Waals surface area contributed by atoms with E-state index in [-0.39, 0.29) is 69.5 Å². The Hall–Kier alpha value is -1.36. The summed E-state index contributed by atoms with van der Waals surface area (Å²) in [6, 6.07) is 11.2. The van der Waals surface area contributed by atoms with Gasteiger partial charge in [0.05, 0.1) is 19.8 Å². The van der Waals surface area contributed by atoms with Crippen LogP contribution < -0.4 is 27.4 Å². The Morgan fingerprint density at radius 3 is 1.02 bits per heavy atom. The van der Waals surface area contributed by atoms with Crippen molar-refractivity contribution in [2.45, 2.75) is 103 Å². The quantitative estimate of drug-likeness (QED) is 0.211. The Bertz CT molecular complexity index is 948. The second kappa shape index (κ2) is 22.2. The predicted molar refractivity (Wildman–Crippen MR) is 179 cm³/mol. The molecule has 0 amide bonds. The molecule has 0 unspecified atom stereocenters. The second-order valence-electron chi connectivity index (χ2n) is 14.2.